The van der Waals surface area contributed by atoms with Crippen molar-refractivity contribution in [1.29, 1.82) is 0 Å². The molecular formula is C16H17NO2. The van der Waals surface area contributed by atoms with Gasteiger partial charge in [0, 0.05) is 22.7 Å². The zero-order chi connectivity index (χ0) is 13.1. The number of ether oxygens (including phenoxy) is 1. The maximum atomic E-state index is 5.65. The highest BCUT2D eigenvalue weighted by atomic mass is 16.5. The second kappa shape index (κ2) is 5.22. The third kappa shape index (κ3) is 2.50. The van der Waals surface area contributed by atoms with Crippen molar-refractivity contribution in [3.05, 3.63) is 54.6 Å². The average molecular weight is 255 g/mol. The van der Waals surface area contributed by atoms with Gasteiger partial charge >= 0.3 is 0 Å². The predicted octanol–water partition coefficient (Wildman–Crippen LogP) is 4.07. The molecule has 0 aliphatic carbocycles. The van der Waals surface area contributed by atoms with Gasteiger partial charge in [-0.2, -0.15) is 0 Å². The number of aromatic nitrogens is 1. The van der Waals surface area contributed by atoms with Crippen LogP contribution in [0.25, 0.3) is 10.9 Å². The van der Waals surface area contributed by atoms with Gasteiger partial charge in [0.05, 0.1) is 25.7 Å². The summed E-state index contributed by atoms with van der Waals surface area (Å²) in [6.07, 6.45) is 6.61. The van der Waals surface area contributed by atoms with E-state index >= 15 is 0 Å². The lowest BCUT2D eigenvalue weighted by atomic mass is 10.2. The maximum absolute atomic E-state index is 5.65. The molecule has 0 fully saturated rings. The van der Waals surface area contributed by atoms with Crippen molar-refractivity contribution in [2.45, 2.75) is 19.9 Å². The zero-order valence-electron chi connectivity index (χ0n) is 11.0. The SMILES string of the molecule is CCCOc1ccc2c(ccn2Cc2ccoc2)c1. The Morgan fingerprint density at radius 2 is 2.16 bits per heavy atom. The highest BCUT2D eigenvalue weighted by Gasteiger charge is 2.04. The van der Waals surface area contributed by atoms with Crippen molar-refractivity contribution < 1.29 is 9.15 Å². The van der Waals surface area contributed by atoms with Gasteiger partial charge in [0.25, 0.3) is 0 Å². The van der Waals surface area contributed by atoms with Crippen molar-refractivity contribution in [2.24, 2.45) is 0 Å². The minimum atomic E-state index is 0.765. The monoisotopic (exact) mass is 255 g/mol. The Kier molecular flexibility index (Phi) is 3.27. The van der Waals surface area contributed by atoms with Gasteiger partial charge < -0.3 is 13.7 Å². The molecule has 3 heteroatoms. The summed E-state index contributed by atoms with van der Waals surface area (Å²) < 4.78 is 13.0. The summed E-state index contributed by atoms with van der Waals surface area (Å²) in [6.45, 7) is 3.70. The number of furan rings is 1. The number of benzene rings is 1. The van der Waals surface area contributed by atoms with Crippen LogP contribution in [0, 0.1) is 0 Å². The zero-order valence-corrected chi connectivity index (χ0v) is 11.0. The summed E-state index contributed by atoms with van der Waals surface area (Å²) in [5.41, 5.74) is 2.38. The Hall–Kier alpha value is -2.16. The summed E-state index contributed by atoms with van der Waals surface area (Å²) >= 11 is 0. The molecule has 3 rings (SSSR count). The summed E-state index contributed by atoms with van der Waals surface area (Å²) in [4.78, 5) is 0. The minimum Gasteiger partial charge on any atom is -0.494 e. The van der Waals surface area contributed by atoms with E-state index in [4.69, 9.17) is 9.15 Å². The summed E-state index contributed by atoms with van der Waals surface area (Å²) in [5, 5.41) is 1.21. The smallest absolute Gasteiger partial charge is 0.120 e. The fraction of sp³-hybridized carbons (Fsp3) is 0.250. The first kappa shape index (κ1) is 11.9. The maximum Gasteiger partial charge on any atom is 0.120 e. The lowest BCUT2D eigenvalue weighted by molar-refractivity contribution is 0.318. The van der Waals surface area contributed by atoms with E-state index in [-0.39, 0.29) is 0 Å². The van der Waals surface area contributed by atoms with Crippen LogP contribution < -0.4 is 4.74 Å². The third-order valence-electron chi connectivity index (χ3n) is 3.15. The highest BCUT2D eigenvalue weighted by Crippen LogP contribution is 2.23. The van der Waals surface area contributed by atoms with Gasteiger partial charge in [-0.05, 0) is 36.8 Å². The van der Waals surface area contributed by atoms with Gasteiger partial charge in [-0.15, -0.1) is 0 Å². The van der Waals surface area contributed by atoms with E-state index in [2.05, 4.69) is 35.9 Å². The van der Waals surface area contributed by atoms with Crippen molar-refractivity contribution in [2.75, 3.05) is 6.61 Å². The van der Waals surface area contributed by atoms with E-state index in [0.29, 0.717) is 0 Å². The molecule has 0 aliphatic heterocycles. The quantitative estimate of drug-likeness (QED) is 0.687. The van der Waals surface area contributed by atoms with Crippen LogP contribution in [0.3, 0.4) is 0 Å². The van der Waals surface area contributed by atoms with Crippen molar-refractivity contribution in [1.82, 2.24) is 4.57 Å². The largest absolute Gasteiger partial charge is 0.494 e. The normalized spacial score (nSPS) is 11.0. The highest BCUT2D eigenvalue weighted by molar-refractivity contribution is 5.81. The molecule has 1 aromatic carbocycles. The molecule has 0 saturated carbocycles. The van der Waals surface area contributed by atoms with Crippen LogP contribution in [0.2, 0.25) is 0 Å². The van der Waals surface area contributed by atoms with Crippen molar-refractivity contribution in [3.8, 4) is 5.75 Å². The second-order valence-corrected chi connectivity index (χ2v) is 4.64. The minimum absolute atomic E-state index is 0.765. The van der Waals surface area contributed by atoms with Crippen molar-refractivity contribution >= 4 is 10.9 Å². The number of hydrogen-bond donors (Lipinski definition) is 0. The van der Waals surface area contributed by atoms with Gasteiger partial charge in [-0.3, -0.25) is 0 Å². The summed E-state index contributed by atoms with van der Waals surface area (Å²) in [6, 6.07) is 10.3. The molecule has 3 aromatic rings. The fourth-order valence-corrected chi connectivity index (χ4v) is 2.21. The number of nitrogens with zero attached hydrogens (tertiary/aromatic N) is 1. The van der Waals surface area contributed by atoms with E-state index in [1.54, 1.807) is 12.5 Å². The topological polar surface area (TPSA) is 27.3 Å². The van der Waals surface area contributed by atoms with Crippen LogP contribution in [0.4, 0.5) is 0 Å². The molecule has 2 aromatic heterocycles. The molecule has 0 bridgehead atoms. The molecule has 0 saturated heterocycles. The first-order valence-electron chi connectivity index (χ1n) is 6.59. The average Bonchev–Trinajstić information content (AvgIpc) is 3.07. The number of rotatable bonds is 5. The van der Waals surface area contributed by atoms with E-state index < -0.39 is 0 Å². The molecule has 0 unspecified atom stereocenters. The van der Waals surface area contributed by atoms with Crippen molar-refractivity contribution in [3.63, 3.8) is 0 Å². The molecule has 0 spiro atoms. The van der Waals surface area contributed by atoms with Gasteiger partial charge in [-0.1, -0.05) is 6.92 Å². The van der Waals surface area contributed by atoms with Crippen LogP contribution in [0.15, 0.2) is 53.5 Å². The summed E-state index contributed by atoms with van der Waals surface area (Å²) in [5.74, 6) is 0.940. The van der Waals surface area contributed by atoms with Crippen LogP contribution in [0.1, 0.15) is 18.9 Å². The Morgan fingerprint density at radius 1 is 1.21 bits per heavy atom. The predicted molar refractivity (Wildman–Crippen MR) is 75.5 cm³/mol. The molecule has 19 heavy (non-hydrogen) atoms. The van der Waals surface area contributed by atoms with Gasteiger partial charge in [0.2, 0.25) is 0 Å². The van der Waals surface area contributed by atoms with Gasteiger partial charge in [0.1, 0.15) is 5.75 Å². The number of hydrogen-bond acceptors (Lipinski definition) is 2. The molecule has 2 heterocycles. The van der Waals surface area contributed by atoms with E-state index in [1.807, 2.05) is 12.1 Å². The molecule has 0 amide bonds. The molecular weight excluding hydrogens is 238 g/mol. The van der Waals surface area contributed by atoms with Crippen LogP contribution >= 0.6 is 0 Å². The molecule has 0 aliphatic rings. The van der Waals surface area contributed by atoms with Gasteiger partial charge in [0.15, 0.2) is 0 Å². The summed E-state index contributed by atoms with van der Waals surface area (Å²) in [7, 11) is 0. The van der Waals surface area contributed by atoms with Crippen LogP contribution in [-0.4, -0.2) is 11.2 Å². The van der Waals surface area contributed by atoms with E-state index in [9.17, 15) is 0 Å². The Bertz CT molecular complexity index is 653. The molecule has 0 radical (unpaired) electrons. The van der Waals surface area contributed by atoms with Crippen LogP contribution in [0.5, 0.6) is 5.75 Å². The standard InChI is InChI=1S/C16H17NO2/c1-2-8-19-15-3-4-16-14(10-15)5-7-17(16)11-13-6-9-18-12-13/h3-7,9-10,12H,2,8,11H2,1H3. The lowest BCUT2D eigenvalue weighted by Gasteiger charge is -2.06. The Morgan fingerprint density at radius 3 is 2.95 bits per heavy atom. The number of fused-ring (bicyclic) bond motifs is 1. The van der Waals surface area contributed by atoms with E-state index in [0.717, 1.165) is 25.3 Å². The fourth-order valence-electron chi connectivity index (χ4n) is 2.21. The molecule has 98 valence electrons. The molecule has 0 atom stereocenters. The Balaban J connectivity index is 1.87. The first-order chi connectivity index (χ1) is 9.36. The second-order valence-electron chi connectivity index (χ2n) is 4.64. The first-order valence-corrected chi connectivity index (χ1v) is 6.59. The lowest BCUT2D eigenvalue weighted by Crippen LogP contribution is -1.97. The molecule has 3 nitrogen and oxygen atoms in total. The third-order valence-corrected chi connectivity index (χ3v) is 3.15. The van der Waals surface area contributed by atoms with Gasteiger partial charge in [-0.25, -0.2) is 0 Å². The van der Waals surface area contributed by atoms with Crippen LogP contribution in [-0.2, 0) is 6.54 Å². The van der Waals surface area contributed by atoms with E-state index in [1.165, 1.54) is 16.5 Å². The molecule has 0 N–H and O–H groups in total. The Labute approximate surface area is 112 Å².